The number of hydrogen-bond acceptors (Lipinski definition) is 6. The van der Waals surface area contributed by atoms with Crippen LogP contribution in [0.15, 0.2) is 59.7 Å². The van der Waals surface area contributed by atoms with Gasteiger partial charge in [-0.15, -0.1) is 5.10 Å². The van der Waals surface area contributed by atoms with E-state index in [1.54, 1.807) is 36.4 Å². The van der Waals surface area contributed by atoms with Crippen LogP contribution >= 0.6 is 0 Å². The van der Waals surface area contributed by atoms with Gasteiger partial charge >= 0.3 is 0 Å². The van der Waals surface area contributed by atoms with Gasteiger partial charge in [-0.05, 0) is 35.9 Å². The van der Waals surface area contributed by atoms with Crippen molar-refractivity contribution in [3.8, 4) is 0 Å². The van der Waals surface area contributed by atoms with Gasteiger partial charge < -0.3 is 10.6 Å². The molecule has 0 aliphatic rings. The van der Waals surface area contributed by atoms with Crippen molar-refractivity contribution >= 4 is 34.4 Å². The summed E-state index contributed by atoms with van der Waals surface area (Å²) in [4.78, 5) is 40.6. The molecule has 0 spiro atoms. The van der Waals surface area contributed by atoms with E-state index < -0.39 is 11.5 Å². The van der Waals surface area contributed by atoms with Gasteiger partial charge in [-0.2, -0.15) is 0 Å². The third kappa shape index (κ3) is 4.67. The minimum atomic E-state index is -0.512. The van der Waals surface area contributed by atoms with Gasteiger partial charge in [-0.3, -0.25) is 19.0 Å². The van der Waals surface area contributed by atoms with Crippen LogP contribution in [0.3, 0.4) is 0 Å². The third-order valence-electron chi connectivity index (χ3n) is 4.52. The molecule has 0 aliphatic heterocycles. The summed E-state index contributed by atoms with van der Waals surface area (Å²) in [5.74, 6) is -1.03. The molecule has 32 heavy (non-hydrogen) atoms. The minimum Gasteiger partial charge on any atom is -0.326 e. The van der Waals surface area contributed by atoms with Crippen LogP contribution in [0.25, 0.3) is 11.2 Å². The highest BCUT2D eigenvalue weighted by Gasteiger charge is 2.14. The van der Waals surface area contributed by atoms with E-state index in [0.29, 0.717) is 11.4 Å². The fraction of sp³-hybridized carbons (Fsp3) is 0.143. The lowest BCUT2D eigenvalue weighted by Gasteiger charge is -2.09. The first kappa shape index (κ1) is 20.8. The average Bonchev–Trinajstić information content (AvgIpc) is 3.15. The van der Waals surface area contributed by atoms with Crippen molar-refractivity contribution in [3.05, 3.63) is 76.6 Å². The van der Waals surface area contributed by atoms with Gasteiger partial charge in [0.15, 0.2) is 11.2 Å². The Morgan fingerprint density at radius 1 is 1.06 bits per heavy atom. The quantitative estimate of drug-likeness (QED) is 0.476. The van der Waals surface area contributed by atoms with Crippen molar-refractivity contribution in [1.82, 2.24) is 24.5 Å². The molecule has 10 nitrogen and oxygen atoms in total. The van der Waals surface area contributed by atoms with Gasteiger partial charge in [0, 0.05) is 18.3 Å². The highest BCUT2D eigenvalue weighted by Crippen LogP contribution is 2.15. The summed E-state index contributed by atoms with van der Waals surface area (Å²) < 4.78 is 15.7. The normalized spacial score (nSPS) is 10.8. The molecule has 2 aromatic heterocycles. The van der Waals surface area contributed by atoms with Crippen LogP contribution in [0.4, 0.5) is 15.8 Å². The van der Waals surface area contributed by atoms with E-state index in [2.05, 4.69) is 25.9 Å². The van der Waals surface area contributed by atoms with E-state index in [1.807, 2.05) is 0 Å². The van der Waals surface area contributed by atoms with Crippen LogP contribution in [0, 0.1) is 5.82 Å². The maximum atomic E-state index is 13.1. The minimum absolute atomic E-state index is 0.0232. The molecule has 0 radical (unpaired) electrons. The largest absolute Gasteiger partial charge is 0.326 e. The number of nitrogens with one attached hydrogen (secondary N) is 2. The zero-order chi connectivity index (χ0) is 22.7. The van der Waals surface area contributed by atoms with Crippen LogP contribution in [0.2, 0.25) is 0 Å². The second kappa shape index (κ2) is 8.76. The van der Waals surface area contributed by atoms with Gasteiger partial charge in [-0.1, -0.05) is 23.4 Å². The Balaban J connectivity index is 1.49. The number of amides is 2. The lowest BCUT2D eigenvalue weighted by atomic mass is 10.2. The molecular formula is C21H18FN7O3. The molecule has 11 heteroatoms. The smallest absolute Gasteiger partial charge is 0.283 e. The molecular weight excluding hydrogens is 417 g/mol. The van der Waals surface area contributed by atoms with Crippen molar-refractivity contribution in [1.29, 1.82) is 0 Å². The van der Waals surface area contributed by atoms with E-state index in [-0.39, 0.29) is 36.0 Å². The molecule has 0 saturated carbocycles. The van der Waals surface area contributed by atoms with E-state index in [9.17, 15) is 18.8 Å². The lowest BCUT2D eigenvalue weighted by Crippen LogP contribution is -2.28. The van der Waals surface area contributed by atoms with Crippen molar-refractivity contribution in [3.63, 3.8) is 0 Å². The number of hydrogen-bond donors (Lipinski definition) is 2. The first-order valence-electron chi connectivity index (χ1n) is 9.59. The Kier molecular flexibility index (Phi) is 5.71. The van der Waals surface area contributed by atoms with Crippen molar-refractivity contribution in [2.75, 3.05) is 10.6 Å². The van der Waals surface area contributed by atoms with E-state index >= 15 is 0 Å². The van der Waals surface area contributed by atoms with Crippen LogP contribution in [0.1, 0.15) is 12.5 Å². The maximum absolute atomic E-state index is 13.1. The SMILES string of the molecule is CC(=O)Nc1cccc(NC(=O)Cn2cnc3c(nnn3Cc3ccc(F)cc3)c2=O)c1. The number of rotatable bonds is 6. The summed E-state index contributed by atoms with van der Waals surface area (Å²) in [6, 6.07) is 12.5. The second-order valence-electron chi connectivity index (χ2n) is 7.03. The molecule has 4 aromatic rings. The number of halogens is 1. The molecule has 0 aliphatic carbocycles. The topological polar surface area (TPSA) is 124 Å². The molecule has 0 bridgehead atoms. The summed E-state index contributed by atoms with van der Waals surface area (Å²) in [6.45, 7) is 1.37. The molecule has 4 rings (SSSR count). The summed E-state index contributed by atoms with van der Waals surface area (Å²) in [5.41, 5.74) is 1.54. The first-order valence-corrected chi connectivity index (χ1v) is 9.59. The summed E-state index contributed by atoms with van der Waals surface area (Å²) in [7, 11) is 0. The standard InChI is InChI=1S/C21H18FN7O3/c1-13(30)24-16-3-2-4-17(9-16)25-18(31)11-28-12-23-20-19(21(28)32)26-27-29(20)10-14-5-7-15(22)8-6-14/h2-9,12H,10-11H2,1H3,(H,24,30)(H,25,31). The monoisotopic (exact) mass is 435 g/mol. The van der Waals surface area contributed by atoms with Gasteiger partial charge in [0.1, 0.15) is 18.7 Å². The molecule has 0 saturated heterocycles. The van der Waals surface area contributed by atoms with Crippen molar-refractivity contribution in [2.45, 2.75) is 20.0 Å². The third-order valence-corrected chi connectivity index (χ3v) is 4.52. The number of nitrogens with zero attached hydrogens (tertiary/aromatic N) is 5. The molecule has 0 unspecified atom stereocenters. The Bertz CT molecular complexity index is 1360. The number of aromatic nitrogens is 5. The second-order valence-corrected chi connectivity index (χ2v) is 7.03. The van der Waals surface area contributed by atoms with Crippen molar-refractivity contribution in [2.24, 2.45) is 0 Å². The van der Waals surface area contributed by atoms with Crippen LogP contribution in [0.5, 0.6) is 0 Å². The molecule has 2 heterocycles. The van der Waals surface area contributed by atoms with Gasteiger partial charge in [0.25, 0.3) is 5.56 Å². The fourth-order valence-corrected chi connectivity index (χ4v) is 3.10. The number of carbonyl (C=O) groups excluding carboxylic acids is 2. The number of benzene rings is 2. The van der Waals surface area contributed by atoms with E-state index in [0.717, 1.165) is 10.1 Å². The van der Waals surface area contributed by atoms with Crippen LogP contribution in [-0.2, 0) is 22.7 Å². The first-order chi connectivity index (χ1) is 15.4. The zero-order valence-corrected chi connectivity index (χ0v) is 16.9. The number of anilines is 2. The fourth-order valence-electron chi connectivity index (χ4n) is 3.10. The summed E-state index contributed by atoms with van der Waals surface area (Å²) in [6.07, 6.45) is 1.25. The lowest BCUT2D eigenvalue weighted by molar-refractivity contribution is -0.117. The van der Waals surface area contributed by atoms with Gasteiger partial charge in [0.05, 0.1) is 6.54 Å². The van der Waals surface area contributed by atoms with Gasteiger partial charge in [-0.25, -0.2) is 14.1 Å². The molecule has 2 aromatic carbocycles. The number of fused-ring (bicyclic) bond motifs is 1. The Morgan fingerprint density at radius 2 is 1.78 bits per heavy atom. The summed E-state index contributed by atoms with van der Waals surface area (Å²) in [5, 5.41) is 13.2. The van der Waals surface area contributed by atoms with Gasteiger partial charge in [0.2, 0.25) is 11.8 Å². The van der Waals surface area contributed by atoms with E-state index in [4.69, 9.17) is 0 Å². The highest BCUT2D eigenvalue weighted by atomic mass is 19.1. The maximum Gasteiger partial charge on any atom is 0.283 e. The number of carbonyl (C=O) groups is 2. The molecule has 2 amide bonds. The van der Waals surface area contributed by atoms with Crippen LogP contribution < -0.4 is 16.2 Å². The Morgan fingerprint density at radius 3 is 2.50 bits per heavy atom. The van der Waals surface area contributed by atoms with Crippen LogP contribution in [-0.4, -0.2) is 36.4 Å². The molecule has 0 atom stereocenters. The molecule has 2 N–H and O–H groups in total. The summed E-state index contributed by atoms with van der Waals surface area (Å²) >= 11 is 0. The Hall–Kier alpha value is -4.41. The van der Waals surface area contributed by atoms with Crippen molar-refractivity contribution < 1.29 is 14.0 Å². The molecule has 0 fully saturated rings. The van der Waals surface area contributed by atoms with E-state index in [1.165, 1.54) is 30.1 Å². The predicted octanol–water partition coefficient (Wildman–Crippen LogP) is 1.77. The predicted molar refractivity (Wildman–Crippen MR) is 114 cm³/mol. The zero-order valence-electron chi connectivity index (χ0n) is 16.9. The Labute approximate surface area is 180 Å². The molecule has 162 valence electrons. The highest BCUT2D eigenvalue weighted by molar-refractivity contribution is 5.93. The average molecular weight is 435 g/mol.